The van der Waals surface area contributed by atoms with Crippen molar-refractivity contribution >= 4 is 11.8 Å². The number of carbonyl (C=O) groups excluding carboxylic acids is 2. The van der Waals surface area contributed by atoms with Crippen molar-refractivity contribution in [2.45, 2.75) is 25.8 Å². The molecule has 3 rings (SSSR count). The van der Waals surface area contributed by atoms with Crippen molar-refractivity contribution in [1.29, 1.82) is 0 Å². The molecule has 2 amide bonds. The zero-order valence-corrected chi connectivity index (χ0v) is 11.1. The number of piperidine rings is 1. The van der Waals surface area contributed by atoms with Gasteiger partial charge in [0.2, 0.25) is 5.91 Å². The Morgan fingerprint density at radius 2 is 2.00 bits per heavy atom. The minimum atomic E-state index is -0.132. The van der Waals surface area contributed by atoms with Gasteiger partial charge in [0.25, 0.3) is 5.91 Å². The molecule has 19 heavy (non-hydrogen) atoms. The summed E-state index contributed by atoms with van der Waals surface area (Å²) in [5, 5.41) is 3.30. The lowest BCUT2D eigenvalue weighted by Gasteiger charge is -2.38. The van der Waals surface area contributed by atoms with Crippen molar-refractivity contribution in [1.82, 2.24) is 10.2 Å². The molecule has 0 aromatic heterocycles. The van der Waals surface area contributed by atoms with Gasteiger partial charge in [-0.2, -0.15) is 0 Å². The first-order chi connectivity index (χ1) is 9.16. The highest BCUT2D eigenvalue weighted by molar-refractivity contribution is 6.10. The van der Waals surface area contributed by atoms with Crippen LogP contribution in [0.3, 0.4) is 0 Å². The Kier molecular flexibility index (Phi) is 3.11. The highest BCUT2D eigenvalue weighted by Crippen LogP contribution is 2.24. The quantitative estimate of drug-likeness (QED) is 0.770. The molecule has 2 atom stereocenters. The molecular formula is C15H18N2O2. The summed E-state index contributed by atoms with van der Waals surface area (Å²) in [4.78, 5) is 26.2. The Morgan fingerprint density at radius 3 is 2.79 bits per heavy atom. The molecular weight excluding hydrogens is 240 g/mol. The summed E-state index contributed by atoms with van der Waals surface area (Å²) < 4.78 is 0. The molecule has 1 aromatic carbocycles. The number of hydrogen-bond acceptors (Lipinski definition) is 3. The molecule has 4 heteroatoms. The molecule has 0 aliphatic carbocycles. The Hall–Kier alpha value is -1.68. The number of carbonyl (C=O) groups is 2. The number of fused-ring (bicyclic) bond motifs is 1. The molecule has 1 saturated heterocycles. The SMILES string of the molecule is CC1CNCC(N2C(=O)Cc3ccccc3C2=O)C1. The second-order valence-corrected chi connectivity index (χ2v) is 5.56. The van der Waals surface area contributed by atoms with E-state index >= 15 is 0 Å². The summed E-state index contributed by atoms with van der Waals surface area (Å²) in [6.07, 6.45) is 1.24. The van der Waals surface area contributed by atoms with Crippen LogP contribution < -0.4 is 5.32 Å². The molecule has 4 nitrogen and oxygen atoms in total. The summed E-state index contributed by atoms with van der Waals surface area (Å²) in [5.74, 6) is 0.300. The average Bonchev–Trinajstić information content (AvgIpc) is 2.39. The van der Waals surface area contributed by atoms with Crippen LogP contribution in [0.15, 0.2) is 24.3 Å². The zero-order valence-electron chi connectivity index (χ0n) is 11.1. The van der Waals surface area contributed by atoms with Crippen LogP contribution in [0.4, 0.5) is 0 Å². The largest absolute Gasteiger partial charge is 0.314 e. The van der Waals surface area contributed by atoms with E-state index < -0.39 is 0 Å². The number of amides is 2. The maximum absolute atomic E-state index is 12.5. The van der Waals surface area contributed by atoms with Crippen LogP contribution in [-0.4, -0.2) is 35.8 Å². The van der Waals surface area contributed by atoms with E-state index in [2.05, 4.69) is 12.2 Å². The lowest BCUT2D eigenvalue weighted by atomic mass is 9.92. The molecule has 0 saturated carbocycles. The molecule has 0 bridgehead atoms. The van der Waals surface area contributed by atoms with E-state index in [4.69, 9.17) is 0 Å². The molecule has 100 valence electrons. The first kappa shape index (κ1) is 12.4. The predicted octanol–water partition coefficient (Wildman–Crippen LogP) is 1.21. The standard InChI is InChI=1S/C15H18N2O2/c1-10-6-12(9-16-8-10)17-14(18)7-11-4-2-3-5-13(11)15(17)19/h2-5,10,12,16H,6-9H2,1H3. The summed E-state index contributed by atoms with van der Waals surface area (Å²) in [6, 6.07) is 7.41. The fourth-order valence-corrected chi connectivity index (χ4v) is 3.07. The lowest BCUT2D eigenvalue weighted by molar-refractivity contribution is -0.130. The average molecular weight is 258 g/mol. The molecule has 0 spiro atoms. The number of rotatable bonds is 1. The van der Waals surface area contributed by atoms with Gasteiger partial charge in [0.1, 0.15) is 0 Å². The Bertz CT molecular complexity index is 527. The highest BCUT2D eigenvalue weighted by atomic mass is 16.2. The van der Waals surface area contributed by atoms with E-state index in [0.717, 1.165) is 18.5 Å². The van der Waals surface area contributed by atoms with Crippen LogP contribution in [0.5, 0.6) is 0 Å². The Morgan fingerprint density at radius 1 is 1.21 bits per heavy atom. The van der Waals surface area contributed by atoms with E-state index in [1.54, 1.807) is 0 Å². The minimum Gasteiger partial charge on any atom is -0.314 e. The van der Waals surface area contributed by atoms with Gasteiger partial charge in [-0.1, -0.05) is 25.1 Å². The van der Waals surface area contributed by atoms with Crippen LogP contribution in [0.25, 0.3) is 0 Å². The van der Waals surface area contributed by atoms with Crippen molar-refractivity contribution in [3.8, 4) is 0 Å². The first-order valence-corrected chi connectivity index (χ1v) is 6.82. The topological polar surface area (TPSA) is 49.4 Å². The van der Waals surface area contributed by atoms with E-state index in [0.29, 0.717) is 24.4 Å². The van der Waals surface area contributed by atoms with Gasteiger partial charge in [-0.05, 0) is 30.5 Å². The van der Waals surface area contributed by atoms with Gasteiger partial charge < -0.3 is 5.32 Å². The third-order valence-electron chi connectivity index (χ3n) is 3.99. The van der Waals surface area contributed by atoms with Gasteiger partial charge in [-0.25, -0.2) is 0 Å². The molecule has 2 aliphatic rings. The fourth-order valence-electron chi connectivity index (χ4n) is 3.07. The molecule has 1 N–H and O–H groups in total. The zero-order chi connectivity index (χ0) is 13.4. The van der Waals surface area contributed by atoms with Crippen LogP contribution in [0, 0.1) is 5.92 Å². The summed E-state index contributed by atoms with van der Waals surface area (Å²) in [7, 11) is 0. The van der Waals surface area contributed by atoms with Crippen LogP contribution in [0.2, 0.25) is 0 Å². The van der Waals surface area contributed by atoms with E-state index in [-0.39, 0.29) is 17.9 Å². The number of imide groups is 1. The van der Waals surface area contributed by atoms with Crippen molar-refractivity contribution in [2.24, 2.45) is 5.92 Å². The number of hydrogen-bond donors (Lipinski definition) is 1. The van der Waals surface area contributed by atoms with E-state index in [1.807, 2.05) is 24.3 Å². The summed E-state index contributed by atoms with van der Waals surface area (Å²) in [6.45, 7) is 3.82. The van der Waals surface area contributed by atoms with Gasteiger partial charge in [-0.3, -0.25) is 14.5 Å². The third kappa shape index (κ3) is 2.16. The second kappa shape index (κ2) is 4.78. The van der Waals surface area contributed by atoms with Gasteiger partial charge in [0, 0.05) is 12.1 Å². The minimum absolute atomic E-state index is 0.00268. The maximum Gasteiger partial charge on any atom is 0.261 e. The van der Waals surface area contributed by atoms with Gasteiger partial charge in [-0.15, -0.1) is 0 Å². The maximum atomic E-state index is 12.5. The normalized spacial score (nSPS) is 27.3. The van der Waals surface area contributed by atoms with Crippen LogP contribution >= 0.6 is 0 Å². The van der Waals surface area contributed by atoms with Gasteiger partial charge in [0.15, 0.2) is 0 Å². The fraction of sp³-hybridized carbons (Fsp3) is 0.467. The van der Waals surface area contributed by atoms with Crippen LogP contribution in [0.1, 0.15) is 29.3 Å². The van der Waals surface area contributed by atoms with Crippen LogP contribution in [-0.2, 0) is 11.2 Å². The van der Waals surface area contributed by atoms with Crippen molar-refractivity contribution < 1.29 is 9.59 Å². The predicted molar refractivity (Wildman–Crippen MR) is 71.8 cm³/mol. The molecule has 1 fully saturated rings. The molecule has 1 aromatic rings. The highest BCUT2D eigenvalue weighted by Gasteiger charge is 2.37. The molecule has 0 radical (unpaired) electrons. The van der Waals surface area contributed by atoms with E-state index in [1.165, 1.54) is 4.90 Å². The van der Waals surface area contributed by atoms with Crippen molar-refractivity contribution in [3.63, 3.8) is 0 Å². The smallest absolute Gasteiger partial charge is 0.261 e. The molecule has 2 unspecified atom stereocenters. The summed E-state index contributed by atoms with van der Waals surface area (Å²) >= 11 is 0. The molecule has 2 aliphatic heterocycles. The van der Waals surface area contributed by atoms with Gasteiger partial charge >= 0.3 is 0 Å². The third-order valence-corrected chi connectivity index (χ3v) is 3.99. The second-order valence-electron chi connectivity index (χ2n) is 5.56. The lowest BCUT2D eigenvalue weighted by Crippen LogP contribution is -2.55. The number of nitrogens with one attached hydrogen (secondary N) is 1. The Balaban J connectivity index is 1.91. The van der Waals surface area contributed by atoms with Crippen molar-refractivity contribution in [3.05, 3.63) is 35.4 Å². The van der Waals surface area contributed by atoms with Crippen molar-refractivity contribution in [2.75, 3.05) is 13.1 Å². The first-order valence-electron chi connectivity index (χ1n) is 6.82. The van der Waals surface area contributed by atoms with Gasteiger partial charge in [0.05, 0.1) is 12.5 Å². The summed E-state index contributed by atoms with van der Waals surface area (Å²) in [5.41, 5.74) is 1.53. The number of benzene rings is 1. The Labute approximate surface area is 112 Å². The molecule has 2 heterocycles. The van der Waals surface area contributed by atoms with E-state index in [9.17, 15) is 9.59 Å². The number of nitrogens with zero attached hydrogens (tertiary/aromatic N) is 1. The monoisotopic (exact) mass is 258 g/mol.